The number of benzene rings is 1. The van der Waals surface area contributed by atoms with Crippen molar-refractivity contribution in [2.75, 3.05) is 0 Å². The van der Waals surface area contributed by atoms with Crippen molar-refractivity contribution < 1.29 is 9.90 Å². The van der Waals surface area contributed by atoms with Gasteiger partial charge in [0.25, 0.3) is 0 Å². The first kappa shape index (κ1) is 12.0. The van der Waals surface area contributed by atoms with E-state index in [4.69, 9.17) is 0 Å². The normalized spacial score (nSPS) is 14.7. The lowest BCUT2D eigenvalue weighted by Crippen LogP contribution is -2.10. The van der Waals surface area contributed by atoms with Gasteiger partial charge in [-0.25, -0.2) is 9.48 Å². The smallest absolute Gasteiger partial charge is 0.354 e. The fraction of sp³-hybridized carbons (Fsp3) is 0.333. The Kier molecular flexibility index (Phi) is 3.07. The predicted octanol–water partition coefficient (Wildman–Crippen LogP) is 2.84. The minimum atomic E-state index is -0.889. The molecule has 98 valence electrons. The zero-order valence-corrected chi connectivity index (χ0v) is 10.7. The lowest BCUT2D eigenvalue weighted by molar-refractivity contribution is 0.0685. The number of nitrogens with zero attached hydrogens (tertiary/aromatic N) is 2. The molecule has 0 fully saturated rings. The first-order valence-corrected chi connectivity index (χ1v) is 6.67. The Morgan fingerprint density at radius 2 is 1.84 bits per heavy atom. The van der Waals surface area contributed by atoms with E-state index in [1.807, 2.05) is 30.3 Å². The van der Waals surface area contributed by atoms with E-state index in [1.165, 1.54) is 0 Å². The molecule has 1 aliphatic rings. The summed E-state index contributed by atoms with van der Waals surface area (Å²) in [5.41, 5.74) is 3.03. The van der Waals surface area contributed by atoms with Crippen molar-refractivity contribution in [2.24, 2.45) is 0 Å². The van der Waals surface area contributed by atoms with Crippen molar-refractivity contribution in [1.82, 2.24) is 9.78 Å². The van der Waals surface area contributed by atoms with Crippen LogP contribution in [0.4, 0.5) is 0 Å². The third kappa shape index (κ3) is 2.14. The quantitative estimate of drug-likeness (QED) is 0.840. The zero-order chi connectivity index (χ0) is 13.2. The predicted molar refractivity (Wildman–Crippen MR) is 71.8 cm³/mol. The monoisotopic (exact) mass is 256 g/mol. The summed E-state index contributed by atoms with van der Waals surface area (Å²) in [6.07, 6.45) is 5.01. The van der Waals surface area contributed by atoms with Gasteiger partial charge >= 0.3 is 5.97 Å². The number of aryl methyl sites for hydroxylation is 1. The van der Waals surface area contributed by atoms with Gasteiger partial charge in [0.2, 0.25) is 0 Å². The summed E-state index contributed by atoms with van der Waals surface area (Å²) in [5, 5.41) is 14.0. The molecule has 0 radical (unpaired) electrons. The average molecular weight is 256 g/mol. The molecule has 0 saturated heterocycles. The average Bonchev–Trinajstić information content (AvgIpc) is 2.64. The van der Waals surface area contributed by atoms with Crippen molar-refractivity contribution >= 4 is 5.97 Å². The number of rotatable bonds is 2. The van der Waals surface area contributed by atoms with Crippen LogP contribution in [0.25, 0.3) is 5.69 Å². The summed E-state index contributed by atoms with van der Waals surface area (Å²) in [5.74, 6) is -0.889. The van der Waals surface area contributed by atoms with E-state index in [0.29, 0.717) is 5.69 Å². The van der Waals surface area contributed by atoms with E-state index in [9.17, 15) is 9.90 Å². The molecule has 1 aromatic carbocycles. The van der Waals surface area contributed by atoms with E-state index in [2.05, 4.69) is 5.10 Å². The molecule has 1 aromatic heterocycles. The van der Waals surface area contributed by atoms with Gasteiger partial charge in [-0.05, 0) is 37.8 Å². The second-order valence-corrected chi connectivity index (χ2v) is 4.89. The van der Waals surface area contributed by atoms with Crippen molar-refractivity contribution in [3.05, 3.63) is 47.3 Å². The lowest BCUT2D eigenvalue weighted by Gasteiger charge is -2.05. The molecule has 0 spiro atoms. The fourth-order valence-electron chi connectivity index (χ4n) is 2.71. The maximum Gasteiger partial charge on any atom is 0.354 e. The highest BCUT2D eigenvalue weighted by Gasteiger charge is 2.24. The number of aromatic carboxylic acids is 1. The van der Waals surface area contributed by atoms with Gasteiger partial charge in [0.05, 0.1) is 11.4 Å². The van der Waals surface area contributed by atoms with E-state index in [0.717, 1.165) is 49.0 Å². The molecule has 0 bridgehead atoms. The van der Waals surface area contributed by atoms with Gasteiger partial charge in [-0.2, -0.15) is 5.10 Å². The maximum atomic E-state index is 11.6. The Hall–Kier alpha value is -2.10. The van der Waals surface area contributed by atoms with Crippen molar-refractivity contribution in [3.63, 3.8) is 0 Å². The fourth-order valence-corrected chi connectivity index (χ4v) is 2.71. The van der Waals surface area contributed by atoms with Crippen LogP contribution in [-0.4, -0.2) is 20.9 Å². The van der Waals surface area contributed by atoms with Gasteiger partial charge in [-0.3, -0.25) is 0 Å². The van der Waals surface area contributed by atoms with Gasteiger partial charge in [0.1, 0.15) is 0 Å². The number of carboxylic acid groups (broad SMARTS) is 1. The number of hydrogen-bond donors (Lipinski definition) is 1. The molecule has 1 N–H and O–H groups in total. The third-order valence-corrected chi connectivity index (χ3v) is 3.61. The van der Waals surface area contributed by atoms with Crippen molar-refractivity contribution in [3.8, 4) is 5.69 Å². The summed E-state index contributed by atoms with van der Waals surface area (Å²) in [4.78, 5) is 11.6. The van der Waals surface area contributed by atoms with Gasteiger partial charge in [-0.15, -0.1) is 0 Å². The molecular weight excluding hydrogens is 240 g/mol. The van der Waals surface area contributed by atoms with E-state index < -0.39 is 5.97 Å². The van der Waals surface area contributed by atoms with Gasteiger partial charge in [-0.1, -0.05) is 24.6 Å². The van der Waals surface area contributed by atoms with Crippen molar-refractivity contribution in [2.45, 2.75) is 32.1 Å². The first-order valence-electron chi connectivity index (χ1n) is 6.67. The Morgan fingerprint density at radius 1 is 1.11 bits per heavy atom. The number of carboxylic acids is 1. The van der Waals surface area contributed by atoms with E-state index in [1.54, 1.807) is 4.68 Å². The standard InChI is InChI=1S/C15H16N2O2/c18-15(19)14-12-9-5-2-6-10-13(12)16-17(14)11-7-3-1-4-8-11/h1,3-4,7-8H,2,5-6,9-10H2,(H,18,19). The molecular formula is C15H16N2O2. The van der Waals surface area contributed by atoms with Crippen LogP contribution in [0.1, 0.15) is 41.0 Å². The largest absolute Gasteiger partial charge is 0.476 e. The van der Waals surface area contributed by atoms with Crippen molar-refractivity contribution in [1.29, 1.82) is 0 Å². The molecule has 2 aromatic rings. The van der Waals surface area contributed by atoms with Crippen LogP contribution in [0.3, 0.4) is 0 Å². The minimum absolute atomic E-state index is 0.336. The Morgan fingerprint density at radius 3 is 2.58 bits per heavy atom. The van der Waals surface area contributed by atoms with E-state index in [-0.39, 0.29) is 0 Å². The molecule has 1 aliphatic carbocycles. The second kappa shape index (κ2) is 4.88. The highest BCUT2D eigenvalue weighted by Crippen LogP contribution is 2.25. The second-order valence-electron chi connectivity index (χ2n) is 4.89. The van der Waals surface area contributed by atoms with Crippen LogP contribution in [0, 0.1) is 0 Å². The van der Waals surface area contributed by atoms with Crippen LogP contribution in [0.5, 0.6) is 0 Å². The van der Waals surface area contributed by atoms with Gasteiger partial charge < -0.3 is 5.11 Å². The molecule has 0 atom stereocenters. The molecule has 4 nitrogen and oxygen atoms in total. The van der Waals surface area contributed by atoms with Gasteiger partial charge in [0.15, 0.2) is 5.69 Å². The number of carbonyl (C=O) groups is 1. The molecule has 0 saturated carbocycles. The molecule has 4 heteroatoms. The lowest BCUT2D eigenvalue weighted by atomic mass is 10.1. The summed E-state index contributed by atoms with van der Waals surface area (Å²) in [6, 6.07) is 9.48. The third-order valence-electron chi connectivity index (χ3n) is 3.61. The summed E-state index contributed by atoms with van der Waals surface area (Å²) < 4.78 is 1.58. The number of para-hydroxylation sites is 1. The zero-order valence-electron chi connectivity index (χ0n) is 10.7. The Labute approximate surface area is 111 Å². The number of fused-ring (bicyclic) bond motifs is 1. The molecule has 19 heavy (non-hydrogen) atoms. The van der Waals surface area contributed by atoms with Gasteiger partial charge in [0, 0.05) is 5.56 Å². The Balaban J connectivity index is 2.17. The summed E-state index contributed by atoms with van der Waals surface area (Å²) in [6.45, 7) is 0. The SMILES string of the molecule is O=C(O)c1c2c(nn1-c1ccccc1)CCCCC2. The topological polar surface area (TPSA) is 55.1 Å². The van der Waals surface area contributed by atoms with Crippen LogP contribution < -0.4 is 0 Å². The van der Waals surface area contributed by atoms with Crippen LogP contribution in [0.2, 0.25) is 0 Å². The number of aromatic nitrogens is 2. The Bertz CT molecular complexity index is 602. The minimum Gasteiger partial charge on any atom is -0.476 e. The molecule has 0 amide bonds. The van der Waals surface area contributed by atoms with Crippen LogP contribution in [0.15, 0.2) is 30.3 Å². The summed E-state index contributed by atoms with van der Waals surface area (Å²) in [7, 11) is 0. The molecule has 0 unspecified atom stereocenters. The molecule has 3 rings (SSSR count). The molecule has 0 aliphatic heterocycles. The summed E-state index contributed by atoms with van der Waals surface area (Å²) >= 11 is 0. The van der Waals surface area contributed by atoms with E-state index >= 15 is 0 Å². The van der Waals surface area contributed by atoms with Crippen LogP contribution >= 0.6 is 0 Å². The number of hydrogen-bond acceptors (Lipinski definition) is 2. The van der Waals surface area contributed by atoms with Crippen LogP contribution in [-0.2, 0) is 12.8 Å². The highest BCUT2D eigenvalue weighted by atomic mass is 16.4. The highest BCUT2D eigenvalue weighted by molar-refractivity contribution is 5.88. The maximum absolute atomic E-state index is 11.6. The molecule has 1 heterocycles. The first-order chi connectivity index (χ1) is 9.27.